The van der Waals surface area contributed by atoms with Crippen LogP contribution in [0.25, 0.3) is 0 Å². The van der Waals surface area contributed by atoms with Gasteiger partial charge in [0, 0.05) is 25.3 Å². The third-order valence-corrected chi connectivity index (χ3v) is 9.09. The second kappa shape index (κ2) is 14.2. The highest BCUT2D eigenvalue weighted by molar-refractivity contribution is 5.89. The van der Waals surface area contributed by atoms with Crippen molar-refractivity contribution in [1.29, 1.82) is 0 Å². The third kappa shape index (κ3) is 7.70. The van der Waals surface area contributed by atoms with Crippen LogP contribution >= 0.6 is 0 Å². The standard InChI is InChI=1S/C28H51N7O9/c1-4-34-11-15-5-6-16(29)24(42-15)44-22-17(30)7-13(8-18(36)28(40)9-14(10-28)35-26(31)32)21(19(22)37)43-25-20(38)23(33-3)27(2,39)12-41-25/h5,13-14,16-17,19-25,33-34,37-40H,4,6-12,29-30H2,1-3H3,(H4,31,32,35)/t13-,14?,16+,17-,19+,20+,21-,22?,23+,24+,25+,27-,28?/m0/s1. The van der Waals surface area contributed by atoms with E-state index in [0.717, 1.165) is 6.54 Å². The van der Waals surface area contributed by atoms with Crippen molar-refractivity contribution in [1.82, 2.24) is 10.6 Å². The Hall–Kier alpha value is -1.96. The Morgan fingerprint density at radius 1 is 1.11 bits per heavy atom. The lowest BCUT2D eigenvalue weighted by Crippen LogP contribution is -2.67. The number of Topliss-reactive ketones (excluding diaryl/α,β-unsaturated/α-hetero) is 1. The van der Waals surface area contributed by atoms with Gasteiger partial charge in [0.1, 0.15) is 35.3 Å². The van der Waals surface area contributed by atoms with E-state index in [2.05, 4.69) is 15.6 Å². The third-order valence-electron chi connectivity index (χ3n) is 9.09. The van der Waals surface area contributed by atoms with Crippen LogP contribution in [-0.2, 0) is 23.7 Å². The number of rotatable bonds is 12. The van der Waals surface area contributed by atoms with E-state index in [-0.39, 0.29) is 44.3 Å². The van der Waals surface area contributed by atoms with E-state index in [9.17, 15) is 25.2 Å². The van der Waals surface area contributed by atoms with E-state index in [0.29, 0.717) is 18.7 Å². The van der Waals surface area contributed by atoms with Gasteiger partial charge in [-0.3, -0.25) is 9.79 Å². The summed E-state index contributed by atoms with van der Waals surface area (Å²) in [5.74, 6) is -0.615. The van der Waals surface area contributed by atoms with E-state index in [4.69, 9.17) is 41.9 Å². The highest BCUT2D eigenvalue weighted by Gasteiger charge is 2.54. The molecule has 2 saturated carbocycles. The molecule has 16 nitrogen and oxygen atoms in total. The van der Waals surface area contributed by atoms with Gasteiger partial charge in [-0.2, -0.15) is 0 Å². The molecule has 0 aromatic rings. The van der Waals surface area contributed by atoms with Crippen molar-refractivity contribution < 1.29 is 44.2 Å². The number of nitrogens with one attached hydrogen (secondary N) is 2. The topological polar surface area (TPSA) is 275 Å². The molecule has 2 aliphatic heterocycles. The summed E-state index contributed by atoms with van der Waals surface area (Å²) in [5, 5.41) is 50.5. The summed E-state index contributed by atoms with van der Waals surface area (Å²) in [6, 6.07) is -2.46. The van der Waals surface area contributed by atoms with Crippen molar-refractivity contribution >= 4 is 11.7 Å². The van der Waals surface area contributed by atoms with Gasteiger partial charge in [-0.05, 0) is 45.4 Å². The molecule has 0 amide bonds. The van der Waals surface area contributed by atoms with Gasteiger partial charge in [0.05, 0.1) is 37.4 Å². The minimum atomic E-state index is -1.63. The number of carbonyl (C=O) groups excluding carboxylic acids is 1. The average molecular weight is 630 g/mol. The van der Waals surface area contributed by atoms with Crippen LogP contribution in [0.3, 0.4) is 0 Å². The second-order valence-corrected chi connectivity index (χ2v) is 12.8. The summed E-state index contributed by atoms with van der Waals surface area (Å²) in [6.45, 7) is 4.56. The Morgan fingerprint density at radius 3 is 2.43 bits per heavy atom. The van der Waals surface area contributed by atoms with E-state index in [1.807, 2.05) is 13.0 Å². The SMILES string of the molecule is CCNCC1=CC[C@@H](N)[C@@H](OC2[C@@H](N)C[C@@H](CC(=O)C3(O)CC(N=C(N)N)C3)[C@H](O[C@H]3OC[C@](C)(O)[C@H](NC)[C@H]3O)[C@H]2O)O1. The molecule has 11 atom stereocenters. The molecule has 4 aliphatic rings. The Bertz CT molecular complexity index is 1050. The van der Waals surface area contributed by atoms with Gasteiger partial charge in [-0.25, -0.2) is 0 Å². The largest absolute Gasteiger partial charge is 0.467 e. The lowest BCUT2D eigenvalue weighted by molar-refractivity contribution is -0.308. The number of nitrogens with two attached hydrogens (primary N) is 4. The zero-order valence-electron chi connectivity index (χ0n) is 25.7. The molecule has 4 rings (SSSR count). The van der Waals surface area contributed by atoms with Crippen molar-refractivity contribution in [3.8, 4) is 0 Å². The molecule has 14 N–H and O–H groups in total. The maximum absolute atomic E-state index is 13.4. The predicted molar refractivity (Wildman–Crippen MR) is 159 cm³/mol. The van der Waals surface area contributed by atoms with Crippen molar-refractivity contribution in [2.75, 3.05) is 26.7 Å². The second-order valence-electron chi connectivity index (χ2n) is 12.8. The monoisotopic (exact) mass is 629 g/mol. The summed E-state index contributed by atoms with van der Waals surface area (Å²) < 4.78 is 24.1. The van der Waals surface area contributed by atoms with E-state index >= 15 is 0 Å². The van der Waals surface area contributed by atoms with Crippen molar-refractivity contribution in [3.63, 3.8) is 0 Å². The van der Waals surface area contributed by atoms with Crippen LogP contribution in [0.1, 0.15) is 46.0 Å². The number of nitrogens with zero attached hydrogens (tertiary/aromatic N) is 1. The molecule has 3 fully saturated rings. The first-order chi connectivity index (χ1) is 20.7. The fraction of sp³-hybridized carbons (Fsp3) is 0.857. The van der Waals surface area contributed by atoms with Crippen LogP contribution in [0.4, 0.5) is 0 Å². The molecule has 0 radical (unpaired) electrons. The van der Waals surface area contributed by atoms with E-state index in [1.54, 1.807) is 7.05 Å². The molecule has 0 aromatic carbocycles. The quantitative estimate of drug-likeness (QED) is 0.0732. The Morgan fingerprint density at radius 2 is 1.80 bits per heavy atom. The Labute approximate surface area is 257 Å². The van der Waals surface area contributed by atoms with Crippen LogP contribution in [0.15, 0.2) is 16.8 Å². The number of aliphatic hydroxyl groups is 4. The first-order valence-electron chi connectivity index (χ1n) is 15.3. The van der Waals surface area contributed by atoms with Gasteiger partial charge in [-0.15, -0.1) is 0 Å². The maximum atomic E-state index is 13.4. The highest BCUT2D eigenvalue weighted by atomic mass is 16.7. The number of hydrogen-bond acceptors (Lipinski definition) is 14. The lowest BCUT2D eigenvalue weighted by Gasteiger charge is -2.49. The smallest absolute Gasteiger partial charge is 0.215 e. The molecule has 44 heavy (non-hydrogen) atoms. The summed E-state index contributed by atoms with van der Waals surface area (Å²) in [7, 11) is 1.59. The predicted octanol–water partition coefficient (Wildman–Crippen LogP) is -3.79. The van der Waals surface area contributed by atoms with Crippen LogP contribution < -0.4 is 33.6 Å². The van der Waals surface area contributed by atoms with Crippen molar-refractivity contribution in [2.45, 2.75) is 118 Å². The van der Waals surface area contributed by atoms with Crippen LogP contribution in [0, 0.1) is 5.92 Å². The summed E-state index contributed by atoms with van der Waals surface area (Å²) in [6.07, 6.45) is -4.52. The normalized spacial score (nSPS) is 44.2. The Balaban J connectivity index is 1.52. The average Bonchev–Trinajstić information content (AvgIpc) is 2.93. The number of hydrogen-bond donors (Lipinski definition) is 10. The van der Waals surface area contributed by atoms with Gasteiger partial charge < -0.3 is 72.9 Å². The van der Waals surface area contributed by atoms with Gasteiger partial charge in [-0.1, -0.05) is 6.92 Å². The molecular formula is C28H51N7O9. The summed E-state index contributed by atoms with van der Waals surface area (Å²) >= 11 is 0. The number of likely N-dealkylation sites (N-methyl/N-ethyl adjacent to an activating group) is 2. The van der Waals surface area contributed by atoms with Crippen LogP contribution in [-0.4, -0.2) is 131 Å². The first kappa shape index (κ1) is 34.9. The highest BCUT2D eigenvalue weighted by Crippen LogP contribution is 2.41. The van der Waals surface area contributed by atoms with Crippen LogP contribution in [0.5, 0.6) is 0 Å². The van der Waals surface area contributed by atoms with Gasteiger partial charge in [0.25, 0.3) is 0 Å². The summed E-state index contributed by atoms with van der Waals surface area (Å²) in [5.41, 5.74) is 20.7. The number of carbonyl (C=O) groups is 1. The number of guanidine groups is 1. The fourth-order valence-electron chi connectivity index (χ4n) is 6.62. The lowest BCUT2D eigenvalue weighted by atomic mass is 9.69. The number of ether oxygens (including phenoxy) is 4. The molecule has 1 unspecified atom stereocenters. The number of aliphatic imine (C=N–C) groups is 1. The van der Waals surface area contributed by atoms with Gasteiger partial charge in [0.15, 0.2) is 18.0 Å². The zero-order valence-corrected chi connectivity index (χ0v) is 25.7. The molecule has 2 aliphatic carbocycles. The number of aliphatic hydroxyl groups excluding tert-OH is 2. The number of ketones is 1. The zero-order chi connectivity index (χ0) is 32.4. The first-order valence-corrected chi connectivity index (χ1v) is 15.3. The van der Waals surface area contributed by atoms with E-state index < -0.39 is 78.0 Å². The van der Waals surface area contributed by atoms with E-state index in [1.165, 1.54) is 6.92 Å². The van der Waals surface area contributed by atoms with Gasteiger partial charge >= 0.3 is 0 Å². The van der Waals surface area contributed by atoms with Crippen molar-refractivity contribution in [3.05, 3.63) is 11.8 Å². The fourth-order valence-corrected chi connectivity index (χ4v) is 6.62. The maximum Gasteiger partial charge on any atom is 0.215 e. The molecule has 0 spiro atoms. The minimum absolute atomic E-state index is 0.0609. The molecule has 0 aromatic heterocycles. The molecule has 2 heterocycles. The molecular weight excluding hydrogens is 578 g/mol. The van der Waals surface area contributed by atoms with Crippen molar-refractivity contribution in [2.24, 2.45) is 33.8 Å². The minimum Gasteiger partial charge on any atom is -0.467 e. The molecule has 252 valence electrons. The molecule has 1 saturated heterocycles. The van der Waals surface area contributed by atoms with Gasteiger partial charge in [0.2, 0.25) is 6.29 Å². The molecule has 16 heteroatoms. The Kier molecular flexibility index (Phi) is 11.3. The molecule has 0 bridgehead atoms. The van der Waals surface area contributed by atoms with Crippen LogP contribution in [0.2, 0.25) is 0 Å². The summed E-state index contributed by atoms with van der Waals surface area (Å²) in [4.78, 5) is 17.4.